The standard InChI is InChI=1S/C16H18N2O3/c1-11(12-5-4-6-17-10-12)18-16(19)13-7-14(20-2)9-15(8-13)21-3/h4-11H,1-3H3,(H,18,19)/t11-/m1/s1. The van der Waals surface area contributed by atoms with Crippen molar-refractivity contribution in [1.82, 2.24) is 10.3 Å². The summed E-state index contributed by atoms with van der Waals surface area (Å²) in [5.74, 6) is 0.964. The van der Waals surface area contributed by atoms with E-state index in [0.29, 0.717) is 17.1 Å². The Bertz CT molecular complexity index is 592. The zero-order chi connectivity index (χ0) is 15.2. The van der Waals surface area contributed by atoms with Crippen molar-refractivity contribution in [2.45, 2.75) is 13.0 Å². The van der Waals surface area contributed by atoms with Gasteiger partial charge >= 0.3 is 0 Å². The molecule has 21 heavy (non-hydrogen) atoms. The molecule has 0 radical (unpaired) electrons. The number of hydrogen-bond donors (Lipinski definition) is 1. The summed E-state index contributed by atoms with van der Waals surface area (Å²) in [6, 6.07) is 8.70. The minimum Gasteiger partial charge on any atom is -0.497 e. The molecule has 1 amide bonds. The first-order chi connectivity index (χ1) is 10.1. The third kappa shape index (κ3) is 3.72. The van der Waals surface area contributed by atoms with Gasteiger partial charge in [-0.05, 0) is 30.7 Å². The van der Waals surface area contributed by atoms with Gasteiger partial charge in [0.15, 0.2) is 0 Å². The first kappa shape index (κ1) is 14.8. The third-order valence-corrected chi connectivity index (χ3v) is 3.15. The van der Waals surface area contributed by atoms with E-state index in [9.17, 15) is 4.79 Å². The van der Waals surface area contributed by atoms with Crippen LogP contribution in [0.15, 0.2) is 42.7 Å². The maximum absolute atomic E-state index is 12.3. The van der Waals surface area contributed by atoms with Crippen LogP contribution in [0.3, 0.4) is 0 Å². The highest BCUT2D eigenvalue weighted by atomic mass is 16.5. The second kappa shape index (κ2) is 6.74. The van der Waals surface area contributed by atoms with Crippen LogP contribution in [0.25, 0.3) is 0 Å². The zero-order valence-corrected chi connectivity index (χ0v) is 12.3. The Kier molecular flexibility index (Phi) is 4.77. The molecule has 1 N–H and O–H groups in total. The van der Waals surface area contributed by atoms with Crippen molar-refractivity contribution in [1.29, 1.82) is 0 Å². The largest absolute Gasteiger partial charge is 0.497 e. The molecule has 2 aromatic rings. The summed E-state index contributed by atoms with van der Waals surface area (Å²) < 4.78 is 10.3. The highest BCUT2D eigenvalue weighted by Crippen LogP contribution is 2.23. The van der Waals surface area contributed by atoms with Gasteiger partial charge in [0.25, 0.3) is 5.91 Å². The highest BCUT2D eigenvalue weighted by Gasteiger charge is 2.13. The zero-order valence-electron chi connectivity index (χ0n) is 12.3. The van der Waals surface area contributed by atoms with Crippen LogP contribution in [0.4, 0.5) is 0 Å². The lowest BCUT2D eigenvalue weighted by Gasteiger charge is -2.15. The highest BCUT2D eigenvalue weighted by molar-refractivity contribution is 5.95. The molecule has 5 heteroatoms. The molecule has 1 heterocycles. The average Bonchev–Trinajstić information content (AvgIpc) is 2.54. The van der Waals surface area contributed by atoms with Gasteiger partial charge in [-0.3, -0.25) is 9.78 Å². The van der Waals surface area contributed by atoms with Crippen molar-refractivity contribution in [2.24, 2.45) is 0 Å². The van der Waals surface area contributed by atoms with Gasteiger partial charge in [0, 0.05) is 24.0 Å². The molecule has 0 aliphatic heterocycles. The number of methoxy groups -OCH3 is 2. The van der Waals surface area contributed by atoms with Crippen LogP contribution in [-0.2, 0) is 0 Å². The average molecular weight is 286 g/mol. The Morgan fingerprint density at radius 2 is 1.86 bits per heavy atom. The van der Waals surface area contributed by atoms with Gasteiger partial charge in [-0.2, -0.15) is 0 Å². The Balaban J connectivity index is 2.16. The normalized spacial score (nSPS) is 11.6. The van der Waals surface area contributed by atoms with Gasteiger partial charge in [0.05, 0.1) is 20.3 Å². The van der Waals surface area contributed by atoms with Crippen LogP contribution in [0, 0.1) is 0 Å². The van der Waals surface area contributed by atoms with E-state index >= 15 is 0 Å². The first-order valence-electron chi connectivity index (χ1n) is 6.58. The SMILES string of the molecule is COc1cc(OC)cc(C(=O)N[C@H](C)c2cccnc2)c1. The Labute approximate surface area is 123 Å². The molecule has 0 saturated carbocycles. The van der Waals surface area contributed by atoms with Crippen LogP contribution in [0.2, 0.25) is 0 Å². The molecule has 1 aromatic carbocycles. The summed E-state index contributed by atoms with van der Waals surface area (Å²) in [7, 11) is 3.10. The number of rotatable bonds is 5. The molecule has 2 rings (SSSR count). The number of amides is 1. The first-order valence-corrected chi connectivity index (χ1v) is 6.58. The van der Waals surface area contributed by atoms with Crippen LogP contribution in [0.5, 0.6) is 11.5 Å². The minimum atomic E-state index is -0.191. The van der Waals surface area contributed by atoms with E-state index in [2.05, 4.69) is 10.3 Å². The fourth-order valence-corrected chi connectivity index (χ4v) is 1.93. The molecule has 0 saturated heterocycles. The lowest BCUT2D eigenvalue weighted by atomic mass is 10.1. The number of carbonyl (C=O) groups is 1. The Morgan fingerprint density at radius 1 is 1.19 bits per heavy atom. The van der Waals surface area contributed by atoms with Gasteiger partial charge in [-0.25, -0.2) is 0 Å². The second-order valence-electron chi connectivity index (χ2n) is 4.58. The molecule has 0 aliphatic carbocycles. The number of ether oxygens (including phenoxy) is 2. The maximum atomic E-state index is 12.3. The number of aromatic nitrogens is 1. The van der Waals surface area contributed by atoms with E-state index in [1.807, 2.05) is 19.1 Å². The van der Waals surface area contributed by atoms with Crippen LogP contribution < -0.4 is 14.8 Å². The van der Waals surface area contributed by atoms with Crippen LogP contribution >= 0.6 is 0 Å². The van der Waals surface area contributed by atoms with E-state index in [1.165, 1.54) is 0 Å². The smallest absolute Gasteiger partial charge is 0.252 e. The number of nitrogens with zero attached hydrogens (tertiary/aromatic N) is 1. The Hall–Kier alpha value is -2.56. The molecule has 1 aromatic heterocycles. The lowest BCUT2D eigenvalue weighted by Crippen LogP contribution is -2.26. The number of benzene rings is 1. The molecule has 0 aliphatic rings. The van der Waals surface area contributed by atoms with Gasteiger partial charge in [-0.1, -0.05) is 6.07 Å². The minimum absolute atomic E-state index is 0.136. The molecule has 0 bridgehead atoms. The van der Waals surface area contributed by atoms with E-state index in [0.717, 1.165) is 5.56 Å². The lowest BCUT2D eigenvalue weighted by molar-refractivity contribution is 0.0939. The summed E-state index contributed by atoms with van der Waals surface area (Å²) in [5.41, 5.74) is 1.43. The number of nitrogens with one attached hydrogen (secondary N) is 1. The van der Waals surface area contributed by atoms with E-state index in [4.69, 9.17) is 9.47 Å². The third-order valence-electron chi connectivity index (χ3n) is 3.15. The van der Waals surface area contributed by atoms with Crippen molar-refractivity contribution in [3.8, 4) is 11.5 Å². The fourth-order valence-electron chi connectivity index (χ4n) is 1.93. The maximum Gasteiger partial charge on any atom is 0.252 e. The van der Waals surface area contributed by atoms with Crippen molar-refractivity contribution in [2.75, 3.05) is 14.2 Å². The second-order valence-corrected chi connectivity index (χ2v) is 4.58. The number of carbonyl (C=O) groups excluding carboxylic acids is 1. The predicted molar refractivity (Wildman–Crippen MR) is 79.7 cm³/mol. The number of pyridine rings is 1. The van der Waals surface area contributed by atoms with Gasteiger partial charge in [0.1, 0.15) is 11.5 Å². The number of hydrogen-bond acceptors (Lipinski definition) is 4. The van der Waals surface area contributed by atoms with E-state index < -0.39 is 0 Å². The summed E-state index contributed by atoms with van der Waals surface area (Å²) in [6.07, 6.45) is 3.43. The van der Waals surface area contributed by atoms with Gasteiger partial charge < -0.3 is 14.8 Å². The van der Waals surface area contributed by atoms with Crippen molar-refractivity contribution in [3.63, 3.8) is 0 Å². The summed E-state index contributed by atoms with van der Waals surface area (Å²) >= 11 is 0. The molecule has 0 fully saturated rings. The fraction of sp³-hybridized carbons (Fsp3) is 0.250. The van der Waals surface area contributed by atoms with Crippen LogP contribution in [0.1, 0.15) is 28.9 Å². The molecule has 1 atom stereocenters. The summed E-state index contributed by atoms with van der Waals surface area (Å²) in [5, 5.41) is 2.93. The molecule has 0 spiro atoms. The molecular weight excluding hydrogens is 268 g/mol. The van der Waals surface area contributed by atoms with Crippen molar-refractivity contribution >= 4 is 5.91 Å². The van der Waals surface area contributed by atoms with E-state index in [1.54, 1.807) is 44.8 Å². The van der Waals surface area contributed by atoms with Gasteiger partial charge in [0.2, 0.25) is 0 Å². The monoisotopic (exact) mass is 286 g/mol. The van der Waals surface area contributed by atoms with E-state index in [-0.39, 0.29) is 11.9 Å². The topological polar surface area (TPSA) is 60.5 Å². The summed E-state index contributed by atoms with van der Waals surface area (Å²) in [4.78, 5) is 16.4. The molecule has 5 nitrogen and oxygen atoms in total. The molecule has 0 unspecified atom stereocenters. The van der Waals surface area contributed by atoms with Crippen molar-refractivity contribution in [3.05, 3.63) is 53.9 Å². The van der Waals surface area contributed by atoms with Crippen LogP contribution in [-0.4, -0.2) is 25.1 Å². The Morgan fingerprint density at radius 3 is 2.38 bits per heavy atom. The quantitative estimate of drug-likeness (QED) is 0.917. The van der Waals surface area contributed by atoms with Crippen molar-refractivity contribution < 1.29 is 14.3 Å². The van der Waals surface area contributed by atoms with Gasteiger partial charge in [-0.15, -0.1) is 0 Å². The predicted octanol–water partition coefficient (Wildman–Crippen LogP) is 2.59. The molecular formula is C16H18N2O3. The summed E-state index contributed by atoms with van der Waals surface area (Å²) in [6.45, 7) is 1.91. The molecule has 110 valence electrons.